The lowest BCUT2D eigenvalue weighted by molar-refractivity contribution is -0.130. The van der Waals surface area contributed by atoms with Crippen molar-refractivity contribution in [3.05, 3.63) is 54.4 Å². The third-order valence-electron chi connectivity index (χ3n) is 1.67. The van der Waals surface area contributed by atoms with Crippen molar-refractivity contribution < 1.29 is 14.3 Å². The number of allylic oxidation sites excluding steroid dienone is 2. The SMILES string of the molecule is C=CC=C(C(=O)O)c1ccc(F)cc1. The van der Waals surface area contributed by atoms with Crippen molar-refractivity contribution in [1.82, 2.24) is 0 Å². The molecule has 1 N–H and O–H groups in total. The molecule has 3 heteroatoms. The van der Waals surface area contributed by atoms with Crippen LogP contribution in [0.25, 0.3) is 5.57 Å². The number of halogens is 1. The number of rotatable bonds is 3. The van der Waals surface area contributed by atoms with Gasteiger partial charge in [0, 0.05) is 0 Å². The van der Waals surface area contributed by atoms with Crippen molar-refractivity contribution in [2.45, 2.75) is 0 Å². The summed E-state index contributed by atoms with van der Waals surface area (Å²) in [6.45, 7) is 3.41. The molecule has 1 aromatic rings. The van der Waals surface area contributed by atoms with Crippen LogP contribution in [0.5, 0.6) is 0 Å². The van der Waals surface area contributed by atoms with Crippen LogP contribution < -0.4 is 0 Å². The molecule has 2 nitrogen and oxygen atoms in total. The summed E-state index contributed by atoms with van der Waals surface area (Å²) in [5.74, 6) is -1.45. The molecule has 14 heavy (non-hydrogen) atoms. The van der Waals surface area contributed by atoms with Crippen LogP contribution in [-0.2, 0) is 4.79 Å². The Labute approximate surface area is 81.0 Å². The first kappa shape index (κ1) is 10.2. The molecule has 0 aliphatic rings. The van der Waals surface area contributed by atoms with E-state index in [1.54, 1.807) is 0 Å². The van der Waals surface area contributed by atoms with Crippen molar-refractivity contribution >= 4 is 11.5 Å². The molecule has 0 fully saturated rings. The number of carboxylic acids is 1. The van der Waals surface area contributed by atoms with Crippen molar-refractivity contribution in [1.29, 1.82) is 0 Å². The van der Waals surface area contributed by atoms with Crippen molar-refractivity contribution in [3.63, 3.8) is 0 Å². The average molecular weight is 192 g/mol. The van der Waals surface area contributed by atoms with Crippen LogP contribution in [-0.4, -0.2) is 11.1 Å². The van der Waals surface area contributed by atoms with Gasteiger partial charge in [0.1, 0.15) is 5.82 Å². The molecule has 1 rings (SSSR count). The predicted molar refractivity (Wildman–Crippen MR) is 52.2 cm³/mol. The molecule has 0 saturated carbocycles. The summed E-state index contributed by atoms with van der Waals surface area (Å²) in [5, 5.41) is 8.82. The Morgan fingerprint density at radius 1 is 1.36 bits per heavy atom. The lowest BCUT2D eigenvalue weighted by Crippen LogP contribution is -1.99. The maximum absolute atomic E-state index is 12.5. The molecule has 0 bridgehead atoms. The number of benzene rings is 1. The van der Waals surface area contributed by atoms with Crippen LogP contribution in [0, 0.1) is 5.82 Å². The van der Waals surface area contributed by atoms with Gasteiger partial charge in [-0.25, -0.2) is 9.18 Å². The third-order valence-corrected chi connectivity index (χ3v) is 1.67. The quantitative estimate of drug-likeness (QED) is 0.590. The summed E-state index contributed by atoms with van der Waals surface area (Å²) in [4.78, 5) is 10.8. The zero-order chi connectivity index (χ0) is 10.6. The molecule has 1 aromatic carbocycles. The molecule has 0 aliphatic heterocycles. The number of aliphatic carboxylic acids is 1. The molecule has 0 atom stereocenters. The van der Waals surface area contributed by atoms with E-state index < -0.39 is 11.8 Å². The average Bonchev–Trinajstić information content (AvgIpc) is 2.15. The fourth-order valence-corrected chi connectivity index (χ4v) is 1.04. The van der Waals surface area contributed by atoms with E-state index in [4.69, 9.17) is 5.11 Å². The van der Waals surface area contributed by atoms with Crippen molar-refractivity contribution in [2.24, 2.45) is 0 Å². The molecule has 0 heterocycles. The van der Waals surface area contributed by atoms with Crippen LogP contribution in [0.15, 0.2) is 43.0 Å². The second kappa shape index (κ2) is 4.37. The minimum Gasteiger partial charge on any atom is -0.478 e. The molecule has 0 spiro atoms. The Morgan fingerprint density at radius 2 is 1.93 bits per heavy atom. The van der Waals surface area contributed by atoms with Crippen LogP contribution in [0.4, 0.5) is 4.39 Å². The van der Waals surface area contributed by atoms with Gasteiger partial charge in [-0.2, -0.15) is 0 Å². The van der Waals surface area contributed by atoms with E-state index in [1.165, 1.54) is 36.4 Å². The Kier molecular flexibility index (Phi) is 3.18. The molecule has 0 amide bonds. The van der Waals surface area contributed by atoms with Gasteiger partial charge in [0.05, 0.1) is 5.57 Å². The predicted octanol–water partition coefficient (Wildman–Crippen LogP) is 2.48. The van der Waals surface area contributed by atoms with Gasteiger partial charge in [0.25, 0.3) is 0 Å². The van der Waals surface area contributed by atoms with E-state index in [2.05, 4.69) is 6.58 Å². The van der Waals surface area contributed by atoms with Crippen LogP contribution in [0.2, 0.25) is 0 Å². The summed E-state index contributed by atoms with van der Waals surface area (Å²) in [5.41, 5.74) is 0.554. The van der Waals surface area contributed by atoms with Gasteiger partial charge in [0.15, 0.2) is 0 Å². The Hall–Kier alpha value is -1.90. The zero-order valence-corrected chi connectivity index (χ0v) is 7.40. The van der Waals surface area contributed by atoms with Gasteiger partial charge in [-0.1, -0.05) is 24.8 Å². The first-order chi connectivity index (χ1) is 6.65. The summed E-state index contributed by atoms with van der Waals surface area (Å²) >= 11 is 0. The Balaban J connectivity index is 3.12. The highest BCUT2D eigenvalue weighted by atomic mass is 19.1. The number of carboxylic acid groups (broad SMARTS) is 1. The van der Waals surface area contributed by atoms with Gasteiger partial charge >= 0.3 is 5.97 Å². The maximum Gasteiger partial charge on any atom is 0.336 e. The second-order valence-corrected chi connectivity index (χ2v) is 2.63. The van der Waals surface area contributed by atoms with Gasteiger partial charge < -0.3 is 5.11 Å². The third kappa shape index (κ3) is 2.29. The molecule has 0 aromatic heterocycles. The normalized spacial score (nSPS) is 11.1. The van der Waals surface area contributed by atoms with E-state index >= 15 is 0 Å². The standard InChI is InChI=1S/C11H9FO2/c1-2-3-10(11(13)14)8-4-6-9(12)7-5-8/h2-7H,1H2,(H,13,14). The largest absolute Gasteiger partial charge is 0.478 e. The maximum atomic E-state index is 12.5. The van der Waals surface area contributed by atoms with E-state index in [0.717, 1.165) is 0 Å². The minimum absolute atomic E-state index is 0.0972. The molecular weight excluding hydrogens is 183 g/mol. The van der Waals surface area contributed by atoms with Crippen LogP contribution in [0.3, 0.4) is 0 Å². The minimum atomic E-state index is -1.06. The van der Waals surface area contributed by atoms with E-state index in [9.17, 15) is 9.18 Å². The lowest BCUT2D eigenvalue weighted by atomic mass is 10.1. The smallest absolute Gasteiger partial charge is 0.336 e. The number of hydrogen-bond donors (Lipinski definition) is 1. The first-order valence-electron chi connectivity index (χ1n) is 3.97. The van der Waals surface area contributed by atoms with E-state index in [-0.39, 0.29) is 5.57 Å². The molecule has 0 unspecified atom stereocenters. The second-order valence-electron chi connectivity index (χ2n) is 2.63. The fourth-order valence-electron chi connectivity index (χ4n) is 1.04. The Morgan fingerprint density at radius 3 is 2.36 bits per heavy atom. The van der Waals surface area contributed by atoms with E-state index in [1.807, 2.05) is 0 Å². The molecule has 72 valence electrons. The number of carbonyl (C=O) groups is 1. The number of hydrogen-bond acceptors (Lipinski definition) is 1. The van der Waals surface area contributed by atoms with Crippen LogP contribution in [0.1, 0.15) is 5.56 Å². The van der Waals surface area contributed by atoms with Gasteiger partial charge in [-0.3, -0.25) is 0 Å². The van der Waals surface area contributed by atoms with Crippen molar-refractivity contribution in [2.75, 3.05) is 0 Å². The van der Waals surface area contributed by atoms with E-state index in [0.29, 0.717) is 5.56 Å². The Bertz CT molecular complexity index is 377. The highest BCUT2D eigenvalue weighted by Gasteiger charge is 2.08. The van der Waals surface area contributed by atoms with Gasteiger partial charge in [0.2, 0.25) is 0 Å². The van der Waals surface area contributed by atoms with Gasteiger partial charge in [-0.15, -0.1) is 0 Å². The highest BCUT2D eigenvalue weighted by Crippen LogP contribution is 2.15. The summed E-state index contributed by atoms with van der Waals surface area (Å²) in [6.07, 6.45) is 2.75. The lowest BCUT2D eigenvalue weighted by Gasteiger charge is -2.00. The zero-order valence-electron chi connectivity index (χ0n) is 7.40. The monoisotopic (exact) mass is 192 g/mol. The summed E-state index contributed by atoms with van der Waals surface area (Å²) < 4.78 is 12.5. The summed E-state index contributed by atoms with van der Waals surface area (Å²) in [7, 11) is 0. The molecule has 0 radical (unpaired) electrons. The highest BCUT2D eigenvalue weighted by molar-refractivity contribution is 6.15. The molecular formula is C11H9FO2. The van der Waals surface area contributed by atoms with Crippen molar-refractivity contribution in [3.8, 4) is 0 Å². The van der Waals surface area contributed by atoms with Crippen LogP contribution >= 0.6 is 0 Å². The summed E-state index contributed by atoms with van der Waals surface area (Å²) in [6, 6.07) is 5.27. The molecule has 0 saturated heterocycles. The molecule has 0 aliphatic carbocycles. The topological polar surface area (TPSA) is 37.3 Å². The fraction of sp³-hybridized carbons (Fsp3) is 0. The first-order valence-corrected chi connectivity index (χ1v) is 3.97. The van der Waals surface area contributed by atoms with Gasteiger partial charge in [-0.05, 0) is 23.8 Å².